The summed E-state index contributed by atoms with van der Waals surface area (Å²) in [6.07, 6.45) is 0. The summed E-state index contributed by atoms with van der Waals surface area (Å²) in [7, 11) is 0. The zero-order valence-electron chi connectivity index (χ0n) is 24.6. The summed E-state index contributed by atoms with van der Waals surface area (Å²) >= 11 is 1.86. The van der Waals surface area contributed by atoms with Crippen LogP contribution in [0.5, 0.6) is 0 Å². The molecule has 0 saturated carbocycles. The van der Waals surface area contributed by atoms with Crippen molar-refractivity contribution in [1.82, 2.24) is 19.5 Å². The minimum Gasteiger partial charge on any atom is -0.277 e. The van der Waals surface area contributed by atoms with Gasteiger partial charge in [-0.25, -0.2) is 4.98 Å². The second-order valence-corrected chi connectivity index (χ2v) is 12.7. The molecule has 214 valence electrons. The zero-order chi connectivity index (χ0) is 30.2. The Bertz CT molecular complexity index is 2740. The van der Waals surface area contributed by atoms with Crippen molar-refractivity contribution in [1.29, 1.82) is 0 Å². The number of para-hydroxylation sites is 1. The van der Waals surface area contributed by atoms with Crippen molar-refractivity contribution in [3.05, 3.63) is 146 Å². The molecule has 3 aromatic heterocycles. The van der Waals surface area contributed by atoms with E-state index in [2.05, 4.69) is 114 Å². The van der Waals surface area contributed by atoms with Gasteiger partial charge in [0.1, 0.15) is 0 Å². The molecule has 0 spiro atoms. The van der Waals surface area contributed by atoms with Crippen molar-refractivity contribution in [3.8, 4) is 28.7 Å². The number of hydrogen-bond acceptors (Lipinski definition) is 4. The average Bonchev–Trinajstić information content (AvgIpc) is 3.69. The molecule has 0 fully saturated rings. The minimum absolute atomic E-state index is 0.603. The molecule has 10 aromatic rings. The molecule has 7 aromatic carbocycles. The lowest BCUT2D eigenvalue weighted by atomic mass is 9.94. The van der Waals surface area contributed by atoms with E-state index in [1.165, 1.54) is 52.5 Å². The molecule has 0 atom stereocenters. The van der Waals surface area contributed by atoms with Gasteiger partial charge in [-0.2, -0.15) is 9.97 Å². The molecule has 0 aliphatic carbocycles. The number of nitrogens with zero attached hydrogens (tertiary/aromatic N) is 4. The second-order valence-electron chi connectivity index (χ2n) is 11.6. The zero-order valence-corrected chi connectivity index (χ0v) is 25.4. The lowest BCUT2D eigenvalue weighted by Gasteiger charge is -2.14. The molecule has 5 heteroatoms. The molecular formula is C41H24N4S. The molecule has 0 bridgehead atoms. The van der Waals surface area contributed by atoms with Gasteiger partial charge in [0.15, 0.2) is 11.6 Å². The third kappa shape index (κ3) is 3.63. The highest BCUT2D eigenvalue weighted by atomic mass is 32.1. The fourth-order valence-electron chi connectivity index (χ4n) is 7.09. The highest BCUT2D eigenvalue weighted by Crippen LogP contribution is 2.47. The van der Waals surface area contributed by atoms with Crippen molar-refractivity contribution in [3.63, 3.8) is 0 Å². The van der Waals surface area contributed by atoms with Crippen LogP contribution in [0.3, 0.4) is 0 Å². The van der Waals surface area contributed by atoms with Crippen LogP contribution in [0, 0.1) is 0 Å². The largest absolute Gasteiger partial charge is 0.277 e. The van der Waals surface area contributed by atoms with Gasteiger partial charge < -0.3 is 0 Å². The maximum atomic E-state index is 5.20. The Labute approximate surface area is 267 Å². The van der Waals surface area contributed by atoms with E-state index in [1.807, 2.05) is 47.7 Å². The number of thiophene rings is 1. The summed E-state index contributed by atoms with van der Waals surface area (Å²) in [5.41, 5.74) is 4.07. The second kappa shape index (κ2) is 9.80. The van der Waals surface area contributed by atoms with Crippen molar-refractivity contribution < 1.29 is 0 Å². The number of rotatable bonds is 3. The van der Waals surface area contributed by atoms with Crippen LogP contribution in [0.2, 0.25) is 0 Å². The van der Waals surface area contributed by atoms with Crippen molar-refractivity contribution in [2.45, 2.75) is 0 Å². The van der Waals surface area contributed by atoms with E-state index in [0.29, 0.717) is 17.6 Å². The lowest BCUT2D eigenvalue weighted by molar-refractivity contribution is 0.955. The molecule has 0 N–H and O–H groups in total. The number of fused-ring (bicyclic) bond motifs is 12. The summed E-state index contributed by atoms with van der Waals surface area (Å²) < 4.78 is 4.85. The van der Waals surface area contributed by atoms with Gasteiger partial charge in [-0.1, -0.05) is 127 Å². The fourth-order valence-corrected chi connectivity index (χ4v) is 8.20. The molecule has 4 nitrogen and oxygen atoms in total. The Kier molecular flexibility index (Phi) is 5.41. The van der Waals surface area contributed by atoms with E-state index in [0.717, 1.165) is 22.2 Å². The highest BCUT2D eigenvalue weighted by Gasteiger charge is 2.23. The fraction of sp³-hybridized carbons (Fsp3) is 0. The molecule has 0 unspecified atom stereocenters. The van der Waals surface area contributed by atoms with Gasteiger partial charge in [0.25, 0.3) is 0 Å². The quantitative estimate of drug-likeness (QED) is 0.188. The summed E-state index contributed by atoms with van der Waals surface area (Å²) in [6.45, 7) is 0. The third-order valence-corrected chi connectivity index (χ3v) is 10.2. The van der Waals surface area contributed by atoms with Crippen LogP contribution in [-0.4, -0.2) is 19.5 Å². The first kappa shape index (κ1) is 25.4. The molecule has 0 radical (unpaired) electrons. The Hall–Kier alpha value is -5.91. The first-order chi connectivity index (χ1) is 22.8. The van der Waals surface area contributed by atoms with Gasteiger partial charge in [0.2, 0.25) is 5.95 Å². The van der Waals surface area contributed by atoms with Crippen molar-refractivity contribution >= 4 is 74.9 Å². The van der Waals surface area contributed by atoms with Crippen LogP contribution in [0.1, 0.15) is 0 Å². The molecule has 10 rings (SSSR count). The standard InChI is InChI=1S/C41H24N4S/c1-3-13-25(14-4-1)39-42-40(26-15-5-2-6-16-26)44-41(43-39)45-32-21-11-9-19-29(32)36-28-18-8-7-17-27(28)35-31(38(36)45)23-24-34-37(35)30-20-10-12-22-33(30)46-34/h1-24H. The van der Waals surface area contributed by atoms with E-state index in [9.17, 15) is 0 Å². The van der Waals surface area contributed by atoms with E-state index < -0.39 is 0 Å². The Morgan fingerprint density at radius 1 is 0.391 bits per heavy atom. The average molecular weight is 605 g/mol. The Morgan fingerprint density at radius 2 is 0.957 bits per heavy atom. The van der Waals surface area contributed by atoms with Crippen LogP contribution in [-0.2, 0) is 0 Å². The Morgan fingerprint density at radius 3 is 1.65 bits per heavy atom. The topological polar surface area (TPSA) is 43.6 Å². The van der Waals surface area contributed by atoms with Crippen LogP contribution in [0.4, 0.5) is 0 Å². The smallest absolute Gasteiger partial charge is 0.238 e. The molecule has 3 heterocycles. The van der Waals surface area contributed by atoms with Gasteiger partial charge in [0, 0.05) is 52.8 Å². The van der Waals surface area contributed by atoms with Gasteiger partial charge in [-0.05, 0) is 29.0 Å². The maximum absolute atomic E-state index is 5.20. The lowest BCUT2D eigenvalue weighted by Crippen LogP contribution is -2.06. The number of aromatic nitrogens is 4. The highest BCUT2D eigenvalue weighted by molar-refractivity contribution is 7.26. The van der Waals surface area contributed by atoms with Crippen LogP contribution in [0.25, 0.3) is 92.2 Å². The first-order valence-electron chi connectivity index (χ1n) is 15.4. The van der Waals surface area contributed by atoms with Crippen molar-refractivity contribution in [2.24, 2.45) is 0 Å². The molecule has 46 heavy (non-hydrogen) atoms. The van der Waals surface area contributed by atoms with E-state index in [1.54, 1.807) is 0 Å². The number of benzene rings is 7. The summed E-state index contributed by atoms with van der Waals surface area (Å²) in [5.74, 6) is 1.89. The molecular weight excluding hydrogens is 581 g/mol. The van der Waals surface area contributed by atoms with Gasteiger partial charge in [0.05, 0.1) is 11.0 Å². The van der Waals surface area contributed by atoms with Crippen LogP contribution in [0.15, 0.2) is 146 Å². The van der Waals surface area contributed by atoms with Gasteiger partial charge >= 0.3 is 0 Å². The normalized spacial score (nSPS) is 11.9. The predicted octanol–water partition coefficient (Wildman–Crippen LogP) is 11.0. The molecule has 0 saturated heterocycles. The predicted molar refractivity (Wildman–Crippen MR) is 193 cm³/mol. The minimum atomic E-state index is 0.603. The molecule has 0 aliphatic heterocycles. The maximum Gasteiger partial charge on any atom is 0.238 e. The number of hydrogen-bond donors (Lipinski definition) is 0. The van der Waals surface area contributed by atoms with Gasteiger partial charge in [-0.15, -0.1) is 11.3 Å². The molecule has 0 amide bonds. The summed E-state index contributed by atoms with van der Waals surface area (Å²) in [5, 5.41) is 9.91. The first-order valence-corrected chi connectivity index (χ1v) is 16.2. The SMILES string of the molecule is c1ccc(-c2nc(-c3ccccc3)nc(-n3c4ccccc4c4c5ccccc5c5c(ccc6sc7ccccc7c65)c43)n2)cc1. The van der Waals surface area contributed by atoms with Crippen LogP contribution < -0.4 is 0 Å². The summed E-state index contributed by atoms with van der Waals surface area (Å²) in [4.78, 5) is 15.4. The third-order valence-electron chi connectivity index (χ3n) is 9.03. The monoisotopic (exact) mass is 604 g/mol. The van der Waals surface area contributed by atoms with Crippen molar-refractivity contribution in [2.75, 3.05) is 0 Å². The molecule has 0 aliphatic rings. The summed E-state index contributed by atoms with van der Waals surface area (Å²) in [6, 6.07) is 51.2. The van der Waals surface area contributed by atoms with Gasteiger partial charge in [-0.3, -0.25) is 4.57 Å². The van der Waals surface area contributed by atoms with E-state index in [4.69, 9.17) is 15.0 Å². The van der Waals surface area contributed by atoms with Crippen LogP contribution >= 0.6 is 11.3 Å². The van der Waals surface area contributed by atoms with E-state index in [-0.39, 0.29) is 0 Å². The Balaban J connectivity index is 1.43. The van der Waals surface area contributed by atoms with E-state index >= 15 is 0 Å².